The average Bonchev–Trinajstić information content (AvgIpc) is 3.12. The molecule has 5 rings (SSSR count). The van der Waals surface area contributed by atoms with E-state index in [4.69, 9.17) is 21.1 Å². The van der Waals surface area contributed by atoms with E-state index in [0.717, 1.165) is 10.5 Å². The average molecular weight is 692 g/mol. The molecular weight excluding hydrogens is 658 g/mol. The van der Waals surface area contributed by atoms with Crippen molar-refractivity contribution >= 4 is 58.5 Å². The second kappa shape index (κ2) is 17.1. The molecule has 248 valence electrons. The van der Waals surface area contributed by atoms with Gasteiger partial charge in [-0.25, -0.2) is 0 Å². The molecule has 0 saturated carbocycles. The molecule has 0 saturated heterocycles. The van der Waals surface area contributed by atoms with Crippen LogP contribution in [0.25, 0.3) is 6.08 Å². The summed E-state index contributed by atoms with van der Waals surface area (Å²) in [6.07, 6.45) is 1.60. The van der Waals surface area contributed by atoms with Gasteiger partial charge in [-0.1, -0.05) is 78.3 Å². The van der Waals surface area contributed by atoms with Crippen LogP contribution in [0.15, 0.2) is 138 Å². The molecular formula is C39H34ClN3O5S. The number of amides is 3. The molecule has 0 aliphatic rings. The van der Waals surface area contributed by atoms with Crippen LogP contribution in [0.3, 0.4) is 0 Å². The summed E-state index contributed by atoms with van der Waals surface area (Å²) in [6.45, 7) is 2.43. The molecule has 1 atom stereocenters. The smallest absolute Gasteiger partial charge is 0.272 e. The fourth-order valence-corrected chi connectivity index (χ4v) is 6.11. The number of rotatable bonds is 13. The minimum Gasteiger partial charge on any atom is -0.495 e. The van der Waals surface area contributed by atoms with Gasteiger partial charge in [0.1, 0.15) is 22.4 Å². The van der Waals surface area contributed by atoms with Crippen LogP contribution in [-0.2, 0) is 9.59 Å². The molecule has 0 radical (unpaired) electrons. The molecule has 3 N–H and O–H groups in total. The maximum absolute atomic E-state index is 13.7. The Morgan fingerprint density at radius 3 is 2.16 bits per heavy atom. The topological polar surface area (TPSA) is 106 Å². The number of thioether (sulfide) groups is 1. The van der Waals surface area contributed by atoms with Crippen molar-refractivity contribution in [3.05, 3.63) is 155 Å². The van der Waals surface area contributed by atoms with Gasteiger partial charge in [-0.05, 0) is 84.8 Å². The summed E-state index contributed by atoms with van der Waals surface area (Å²) in [5, 5.41) is 8.37. The van der Waals surface area contributed by atoms with Crippen molar-refractivity contribution in [2.75, 3.05) is 24.4 Å². The second-order valence-corrected chi connectivity index (χ2v) is 12.2. The molecule has 5 aromatic carbocycles. The molecule has 8 nitrogen and oxygen atoms in total. The van der Waals surface area contributed by atoms with Gasteiger partial charge in [0.15, 0.2) is 0 Å². The van der Waals surface area contributed by atoms with Gasteiger partial charge in [0.25, 0.3) is 11.8 Å². The van der Waals surface area contributed by atoms with E-state index in [1.54, 1.807) is 91.0 Å². The molecule has 0 aromatic heterocycles. The summed E-state index contributed by atoms with van der Waals surface area (Å²) in [5.41, 5.74) is 2.96. The third-order valence-electron chi connectivity index (χ3n) is 7.14. The number of anilines is 2. The van der Waals surface area contributed by atoms with Gasteiger partial charge in [0, 0.05) is 21.8 Å². The fourth-order valence-electron chi connectivity index (χ4n) is 4.77. The second-order valence-electron chi connectivity index (χ2n) is 10.6. The van der Waals surface area contributed by atoms with Gasteiger partial charge in [-0.15, -0.1) is 11.8 Å². The molecule has 5 aromatic rings. The first-order valence-electron chi connectivity index (χ1n) is 15.4. The Bertz CT molecular complexity index is 1940. The van der Waals surface area contributed by atoms with Crippen molar-refractivity contribution in [1.29, 1.82) is 0 Å². The number of hydrogen-bond acceptors (Lipinski definition) is 6. The van der Waals surface area contributed by atoms with E-state index in [-0.39, 0.29) is 11.6 Å². The molecule has 49 heavy (non-hydrogen) atoms. The van der Waals surface area contributed by atoms with E-state index in [1.165, 1.54) is 18.9 Å². The predicted octanol–water partition coefficient (Wildman–Crippen LogP) is 8.63. The lowest BCUT2D eigenvalue weighted by molar-refractivity contribution is -0.116. The highest BCUT2D eigenvalue weighted by molar-refractivity contribution is 8.00. The number of ether oxygens (including phenoxy) is 2. The standard InChI is InChI=1S/C39H34ClN3O5S/c1-3-48-31-20-17-26(18-21-31)23-34(43-37(44)28-13-8-5-9-14-28)38(45)41-29-15-10-16-32(24-29)49-36(27-11-6-4-7-12-27)39(46)42-30-19-22-35(47-2)33(40)25-30/h4-25,36H,3H2,1-2H3,(H,41,45)(H,42,46)(H,43,44)/b34-23+. The van der Waals surface area contributed by atoms with Crippen molar-refractivity contribution in [1.82, 2.24) is 5.32 Å². The quantitative estimate of drug-likeness (QED) is 0.0843. The van der Waals surface area contributed by atoms with Crippen molar-refractivity contribution < 1.29 is 23.9 Å². The number of methoxy groups -OCH3 is 1. The minimum atomic E-state index is -0.631. The molecule has 0 aliphatic carbocycles. The third-order valence-corrected chi connectivity index (χ3v) is 8.68. The van der Waals surface area contributed by atoms with Crippen LogP contribution in [-0.4, -0.2) is 31.4 Å². The van der Waals surface area contributed by atoms with Crippen LogP contribution < -0.4 is 25.4 Å². The lowest BCUT2D eigenvalue weighted by Gasteiger charge is -2.18. The highest BCUT2D eigenvalue weighted by Gasteiger charge is 2.23. The molecule has 0 fully saturated rings. The summed E-state index contributed by atoms with van der Waals surface area (Å²) in [4.78, 5) is 41.2. The Kier molecular flexibility index (Phi) is 12.1. The Morgan fingerprint density at radius 1 is 0.796 bits per heavy atom. The van der Waals surface area contributed by atoms with Crippen molar-refractivity contribution in [3.8, 4) is 11.5 Å². The van der Waals surface area contributed by atoms with E-state index in [0.29, 0.717) is 45.6 Å². The zero-order valence-electron chi connectivity index (χ0n) is 26.8. The molecule has 0 heterocycles. The number of nitrogens with one attached hydrogen (secondary N) is 3. The number of hydrogen-bond donors (Lipinski definition) is 3. The van der Waals surface area contributed by atoms with Crippen molar-refractivity contribution in [2.24, 2.45) is 0 Å². The zero-order chi connectivity index (χ0) is 34.6. The SMILES string of the molecule is CCOc1ccc(/C=C(/NC(=O)c2ccccc2)C(=O)Nc2cccc(SC(C(=O)Nc3ccc(OC)c(Cl)c3)c3ccccc3)c2)cc1. The van der Waals surface area contributed by atoms with Crippen molar-refractivity contribution in [3.63, 3.8) is 0 Å². The fraction of sp³-hybridized carbons (Fsp3) is 0.103. The first-order valence-corrected chi connectivity index (χ1v) is 16.7. The van der Waals surface area contributed by atoms with Crippen molar-refractivity contribution in [2.45, 2.75) is 17.1 Å². The van der Waals surface area contributed by atoms with Crippen LogP contribution in [0.5, 0.6) is 11.5 Å². The number of benzene rings is 5. The Hall–Kier alpha value is -5.51. The van der Waals surface area contributed by atoms with Gasteiger partial charge in [0.2, 0.25) is 5.91 Å². The maximum atomic E-state index is 13.7. The minimum absolute atomic E-state index is 0.0516. The van der Waals surface area contributed by atoms with Crippen LogP contribution in [0.1, 0.15) is 33.7 Å². The maximum Gasteiger partial charge on any atom is 0.272 e. The molecule has 10 heteroatoms. The predicted molar refractivity (Wildman–Crippen MR) is 196 cm³/mol. The van der Waals surface area contributed by atoms with E-state index in [1.807, 2.05) is 49.4 Å². The highest BCUT2D eigenvalue weighted by atomic mass is 35.5. The summed E-state index contributed by atoms with van der Waals surface area (Å²) in [5.74, 6) is 0.00503. The largest absolute Gasteiger partial charge is 0.495 e. The molecule has 0 spiro atoms. The molecule has 3 amide bonds. The molecule has 0 bridgehead atoms. The Labute approximate surface area is 294 Å². The molecule has 0 aliphatic heterocycles. The summed E-state index contributed by atoms with van der Waals surface area (Å²) in [7, 11) is 1.53. The highest BCUT2D eigenvalue weighted by Crippen LogP contribution is 2.38. The van der Waals surface area contributed by atoms with Crippen LogP contribution in [0.2, 0.25) is 5.02 Å². The van der Waals surface area contributed by atoms with Crippen LogP contribution >= 0.6 is 23.4 Å². The van der Waals surface area contributed by atoms with Gasteiger partial charge < -0.3 is 25.4 Å². The van der Waals surface area contributed by atoms with Crippen LogP contribution in [0, 0.1) is 0 Å². The van der Waals surface area contributed by atoms with Gasteiger partial charge in [0.05, 0.1) is 18.7 Å². The van der Waals surface area contributed by atoms with E-state index in [9.17, 15) is 14.4 Å². The Balaban J connectivity index is 1.37. The van der Waals surface area contributed by atoms with Gasteiger partial charge >= 0.3 is 0 Å². The third kappa shape index (κ3) is 9.76. The van der Waals surface area contributed by atoms with E-state index < -0.39 is 17.1 Å². The lowest BCUT2D eigenvalue weighted by Crippen LogP contribution is -2.30. The lowest BCUT2D eigenvalue weighted by atomic mass is 10.1. The summed E-state index contributed by atoms with van der Waals surface area (Å²) >= 11 is 7.62. The molecule has 1 unspecified atom stereocenters. The van der Waals surface area contributed by atoms with Gasteiger partial charge in [-0.2, -0.15) is 0 Å². The number of carbonyl (C=O) groups is 3. The first kappa shape index (κ1) is 34.8. The number of carbonyl (C=O) groups excluding carboxylic acids is 3. The summed E-state index contributed by atoms with van der Waals surface area (Å²) in [6, 6.07) is 37.5. The monoisotopic (exact) mass is 691 g/mol. The van der Waals surface area contributed by atoms with Crippen LogP contribution in [0.4, 0.5) is 11.4 Å². The van der Waals surface area contributed by atoms with E-state index in [2.05, 4.69) is 16.0 Å². The zero-order valence-corrected chi connectivity index (χ0v) is 28.4. The number of halogens is 1. The first-order chi connectivity index (χ1) is 23.8. The van der Waals surface area contributed by atoms with Gasteiger partial charge in [-0.3, -0.25) is 14.4 Å². The normalized spacial score (nSPS) is 11.6. The summed E-state index contributed by atoms with van der Waals surface area (Å²) < 4.78 is 10.8. The Morgan fingerprint density at radius 2 is 1.49 bits per heavy atom. The van der Waals surface area contributed by atoms with E-state index >= 15 is 0 Å².